The van der Waals surface area contributed by atoms with Crippen LogP contribution in [-0.4, -0.2) is 29.4 Å². The van der Waals surface area contributed by atoms with Gasteiger partial charge in [-0.3, -0.25) is 0 Å². The first-order chi connectivity index (χ1) is 7.98. The van der Waals surface area contributed by atoms with E-state index in [0.717, 1.165) is 11.0 Å². The van der Waals surface area contributed by atoms with Gasteiger partial charge in [0.05, 0.1) is 0 Å². The Hall–Kier alpha value is -1.02. The Kier molecular flexibility index (Phi) is 5.01. The van der Waals surface area contributed by atoms with Crippen molar-refractivity contribution in [1.82, 2.24) is 0 Å². The van der Waals surface area contributed by atoms with Crippen molar-refractivity contribution in [2.24, 2.45) is 0 Å². The van der Waals surface area contributed by atoms with Crippen molar-refractivity contribution in [2.45, 2.75) is 19.6 Å². The lowest BCUT2D eigenvalue weighted by Crippen LogP contribution is -2.36. The fourth-order valence-corrected chi connectivity index (χ4v) is 1.93. The number of benzene rings is 1. The van der Waals surface area contributed by atoms with Crippen LogP contribution in [0.15, 0.2) is 24.3 Å². The highest BCUT2D eigenvalue weighted by atomic mass is 28.3. The maximum absolute atomic E-state index is 5.28. The molecule has 17 heavy (non-hydrogen) atoms. The van der Waals surface area contributed by atoms with Crippen LogP contribution in [0, 0.1) is 11.5 Å². The normalized spacial score (nSPS) is 10.6. The van der Waals surface area contributed by atoms with Gasteiger partial charge in [-0.2, -0.15) is 0 Å². The Morgan fingerprint density at radius 2 is 1.65 bits per heavy atom. The summed E-state index contributed by atoms with van der Waals surface area (Å²) in [6.07, 6.45) is 0. The van der Waals surface area contributed by atoms with Crippen LogP contribution in [0.4, 0.5) is 0 Å². The lowest BCUT2D eigenvalue weighted by atomic mass is 9.76. The number of rotatable bonds is 3. The molecule has 1 aromatic rings. The molecule has 0 aliphatic carbocycles. The average Bonchev–Trinajstić information content (AvgIpc) is 2.28. The summed E-state index contributed by atoms with van der Waals surface area (Å²) in [6.45, 7) is 6.69. The van der Waals surface area contributed by atoms with Gasteiger partial charge in [-0.15, -0.1) is 5.54 Å². The molecule has 0 heterocycles. The molecule has 4 heteroatoms. The highest BCUT2D eigenvalue weighted by Gasteiger charge is 2.20. The molecule has 0 N–H and O–H groups in total. The van der Waals surface area contributed by atoms with E-state index in [2.05, 4.69) is 31.1 Å². The first kappa shape index (κ1) is 14.0. The van der Waals surface area contributed by atoms with Crippen molar-refractivity contribution in [3.05, 3.63) is 29.8 Å². The Morgan fingerprint density at radius 3 is 2.18 bits per heavy atom. The van der Waals surface area contributed by atoms with E-state index in [0.29, 0.717) is 0 Å². The molecule has 0 atom stereocenters. The molecule has 0 unspecified atom stereocenters. The summed E-state index contributed by atoms with van der Waals surface area (Å²) in [7, 11) is 1.57. The second kappa shape index (κ2) is 6.06. The van der Waals surface area contributed by atoms with Gasteiger partial charge in [0, 0.05) is 19.8 Å². The molecular weight excluding hydrogens is 227 g/mol. The zero-order chi connectivity index (χ0) is 12.9. The first-order valence-corrected chi connectivity index (χ1v) is 9.15. The molecule has 0 aliphatic heterocycles. The minimum atomic E-state index is -1.36. The molecule has 0 aliphatic rings. The van der Waals surface area contributed by atoms with Crippen molar-refractivity contribution < 1.29 is 9.31 Å². The van der Waals surface area contributed by atoms with Crippen LogP contribution in [0.2, 0.25) is 19.6 Å². The molecule has 0 amide bonds. The Labute approximate surface area is 105 Å². The third kappa shape index (κ3) is 4.39. The van der Waals surface area contributed by atoms with Crippen LogP contribution in [0.5, 0.6) is 0 Å². The Morgan fingerprint density at radius 1 is 1.06 bits per heavy atom. The van der Waals surface area contributed by atoms with Crippen LogP contribution < -0.4 is 5.46 Å². The minimum Gasteiger partial charge on any atom is -0.410 e. The molecule has 0 bridgehead atoms. The predicted molar refractivity (Wildman–Crippen MR) is 76.1 cm³/mol. The lowest BCUT2D eigenvalue weighted by Gasteiger charge is -2.11. The quantitative estimate of drug-likeness (QED) is 0.599. The van der Waals surface area contributed by atoms with Crippen LogP contribution in [0.3, 0.4) is 0 Å². The van der Waals surface area contributed by atoms with Gasteiger partial charge < -0.3 is 9.31 Å². The molecule has 1 aromatic carbocycles. The van der Waals surface area contributed by atoms with Gasteiger partial charge in [0.25, 0.3) is 0 Å². The van der Waals surface area contributed by atoms with Crippen LogP contribution in [0.1, 0.15) is 5.56 Å². The molecule has 1 rings (SSSR count). The van der Waals surface area contributed by atoms with Crippen LogP contribution >= 0.6 is 0 Å². The first-order valence-electron chi connectivity index (χ1n) is 5.65. The van der Waals surface area contributed by atoms with Gasteiger partial charge in [-0.25, -0.2) is 0 Å². The molecule has 90 valence electrons. The SMILES string of the molecule is COB(OC)c1ccccc1C#C[Si](C)(C)C. The summed E-state index contributed by atoms with van der Waals surface area (Å²) in [5.41, 5.74) is 5.34. The fraction of sp³-hybridized carbons (Fsp3) is 0.385. The van der Waals surface area contributed by atoms with Crippen molar-refractivity contribution in [3.63, 3.8) is 0 Å². The van der Waals surface area contributed by atoms with E-state index in [1.807, 2.05) is 24.3 Å². The number of hydrogen-bond donors (Lipinski definition) is 0. The van der Waals surface area contributed by atoms with Crippen molar-refractivity contribution >= 4 is 20.7 Å². The Bertz CT molecular complexity index is 425. The van der Waals surface area contributed by atoms with E-state index in [1.54, 1.807) is 14.2 Å². The second-order valence-corrected chi connectivity index (χ2v) is 9.64. The van der Waals surface area contributed by atoms with E-state index < -0.39 is 8.07 Å². The zero-order valence-electron chi connectivity index (χ0n) is 11.2. The van der Waals surface area contributed by atoms with E-state index in [-0.39, 0.29) is 7.12 Å². The fourth-order valence-electron chi connectivity index (χ4n) is 1.42. The van der Waals surface area contributed by atoms with Crippen molar-refractivity contribution in [3.8, 4) is 11.5 Å². The zero-order valence-corrected chi connectivity index (χ0v) is 12.2. The second-order valence-electron chi connectivity index (χ2n) is 4.89. The molecule has 2 nitrogen and oxygen atoms in total. The van der Waals surface area contributed by atoms with Crippen LogP contribution in [0.25, 0.3) is 0 Å². The topological polar surface area (TPSA) is 18.5 Å². The van der Waals surface area contributed by atoms with Crippen molar-refractivity contribution in [2.75, 3.05) is 14.2 Å². The Balaban J connectivity index is 3.11. The van der Waals surface area contributed by atoms with E-state index in [4.69, 9.17) is 9.31 Å². The summed E-state index contributed by atoms with van der Waals surface area (Å²) in [5.74, 6) is 3.25. The largest absolute Gasteiger partial charge is 0.494 e. The highest BCUT2D eigenvalue weighted by Crippen LogP contribution is 2.01. The summed E-state index contributed by atoms with van der Waals surface area (Å²) >= 11 is 0. The third-order valence-electron chi connectivity index (χ3n) is 2.22. The van der Waals surface area contributed by atoms with Gasteiger partial charge in [0.15, 0.2) is 0 Å². The molecule has 0 saturated heterocycles. The van der Waals surface area contributed by atoms with Gasteiger partial charge >= 0.3 is 7.12 Å². The molecule has 0 aromatic heterocycles. The number of hydrogen-bond acceptors (Lipinski definition) is 2. The third-order valence-corrected chi connectivity index (χ3v) is 3.09. The monoisotopic (exact) mass is 246 g/mol. The summed E-state index contributed by atoms with van der Waals surface area (Å²) in [4.78, 5) is 0. The molecular formula is C13H19BO2Si. The molecule has 0 fully saturated rings. The lowest BCUT2D eigenvalue weighted by molar-refractivity contribution is 0.292. The van der Waals surface area contributed by atoms with E-state index in [9.17, 15) is 0 Å². The van der Waals surface area contributed by atoms with Crippen LogP contribution in [-0.2, 0) is 9.31 Å². The maximum atomic E-state index is 5.28. The maximum Gasteiger partial charge on any atom is 0.494 e. The van der Waals surface area contributed by atoms with Gasteiger partial charge in [-0.05, 0) is 11.5 Å². The average molecular weight is 246 g/mol. The highest BCUT2D eigenvalue weighted by molar-refractivity contribution is 6.84. The van der Waals surface area contributed by atoms with Crippen molar-refractivity contribution in [1.29, 1.82) is 0 Å². The summed E-state index contributed by atoms with van der Waals surface area (Å²) in [5, 5.41) is 0. The summed E-state index contributed by atoms with van der Waals surface area (Å²) < 4.78 is 10.6. The van der Waals surface area contributed by atoms with Gasteiger partial charge in [0.1, 0.15) is 8.07 Å². The molecule has 0 radical (unpaired) electrons. The standard InChI is InChI=1S/C13H19BO2Si/c1-15-14(16-2)13-9-7-6-8-12(13)10-11-17(3,4)5/h6-9H,1-5H3. The van der Waals surface area contributed by atoms with E-state index in [1.165, 1.54) is 0 Å². The predicted octanol–water partition coefficient (Wildman–Crippen LogP) is 1.90. The van der Waals surface area contributed by atoms with Gasteiger partial charge in [0.2, 0.25) is 0 Å². The molecule has 0 saturated carbocycles. The minimum absolute atomic E-state index is 0.345. The smallest absolute Gasteiger partial charge is 0.410 e. The van der Waals surface area contributed by atoms with E-state index >= 15 is 0 Å². The molecule has 0 spiro atoms. The van der Waals surface area contributed by atoms with Gasteiger partial charge in [-0.1, -0.05) is 43.8 Å². The summed E-state index contributed by atoms with van der Waals surface area (Å²) in [6, 6.07) is 7.96.